The lowest BCUT2D eigenvalue weighted by Crippen LogP contribution is -2.46. The third-order valence-corrected chi connectivity index (χ3v) is 5.56. The molecule has 1 fully saturated rings. The third-order valence-electron chi connectivity index (χ3n) is 4.67. The van der Waals surface area contributed by atoms with Crippen LogP contribution in [0.4, 0.5) is 0 Å². The van der Waals surface area contributed by atoms with Crippen LogP contribution in [0.2, 0.25) is 0 Å². The van der Waals surface area contributed by atoms with Gasteiger partial charge in [0.25, 0.3) is 5.91 Å². The molecule has 2 amide bonds. The fourth-order valence-electron chi connectivity index (χ4n) is 3.35. The zero-order valence-electron chi connectivity index (χ0n) is 14.6. The number of amides is 2. The Hall–Kier alpha value is -2.12. The number of rotatable bonds is 5. The van der Waals surface area contributed by atoms with E-state index in [0.29, 0.717) is 12.1 Å². The van der Waals surface area contributed by atoms with Crippen molar-refractivity contribution >= 4 is 23.2 Å². The molecule has 7 heteroatoms. The monoisotopic (exact) mass is 360 g/mol. The number of piperidine rings is 1. The summed E-state index contributed by atoms with van der Waals surface area (Å²) in [6.45, 7) is 5.94. The summed E-state index contributed by atoms with van der Waals surface area (Å²) in [5, 5.41) is 6.07. The molecule has 0 atom stereocenters. The maximum absolute atomic E-state index is 12.8. The molecular weight excluding hydrogens is 336 g/mol. The van der Waals surface area contributed by atoms with Crippen LogP contribution < -0.4 is 11.1 Å². The maximum atomic E-state index is 12.8. The number of hydrogen-bond donors (Lipinski definition) is 2. The molecule has 0 bridgehead atoms. The highest BCUT2D eigenvalue weighted by atomic mass is 32.1. The number of hydrogen-bond acceptors (Lipinski definition) is 4. The van der Waals surface area contributed by atoms with Crippen LogP contribution in [0, 0.1) is 13.8 Å². The lowest BCUT2D eigenvalue weighted by molar-refractivity contribution is -0.119. The van der Waals surface area contributed by atoms with Crippen LogP contribution in [0.1, 0.15) is 34.6 Å². The first-order valence-corrected chi connectivity index (χ1v) is 9.38. The summed E-state index contributed by atoms with van der Waals surface area (Å²) in [6, 6.07) is 6.14. The highest BCUT2D eigenvalue weighted by Gasteiger charge is 2.24. The Morgan fingerprint density at radius 3 is 2.44 bits per heavy atom. The SMILES string of the molecule is Cc1ccc(C)n1-c1sccc1C(=O)NC1CCN(CC(N)=O)CC1. The first kappa shape index (κ1) is 17.7. The Labute approximate surface area is 151 Å². The Morgan fingerprint density at radius 1 is 1.20 bits per heavy atom. The number of thiophene rings is 1. The van der Waals surface area contributed by atoms with Gasteiger partial charge in [-0.3, -0.25) is 14.5 Å². The third kappa shape index (κ3) is 3.93. The first-order chi connectivity index (χ1) is 12.0. The smallest absolute Gasteiger partial charge is 0.254 e. The second-order valence-corrected chi connectivity index (χ2v) is 7.48. The van der Waals surface area contributed by atoms with Gasteiger partial charge in [-0.2, -0.15) is 0 Å². The van der Waals surface area contributed by atoms with Crippen molar-refractivity contribution in [1.29, 1.82) is 0 Å². The number of carbonyl (C=O) groups excluding carboxylic acids is 2. The van der Waals surface area contributed by atoms with Crippen molar-refractivity contribution in [1.82, 2.24) is 14.8 Å². The van der Waals surface area contributed by atoms with Crippen LogP contribution in [0.15, 0.2) is 23.6 Å². The number of nitrogens with two attached hydrogens (primary N) is 1. The molecule has 25 heavy (non-hydrogen) atoms. The van der Waals surface area contributed by atoms with E-state index in [0.717, 1.165) is 42.3 Å². The number of primary amides is 1. The van der Waals surface area contributed by atoms with E-state index < -0.39 is 0 Å². The number of likely N-dealkylation sites (tertiary alicyclic amines) is 1. The normalized spacial score (nSPS) is 16.1. The summed E-state index contributed by atoms with van der Waals surface area (Å²) < 4.78 is 2.12. The minimum Gasteiger partial charge on any atom is -0.369 e. The fourth-order valence-corrected chi connectivity index (χ4v) is 4.37. The average molecular weight is 360 g/mol. The summed E-state index contributed by atoms with van der Waals surface area (Å²) in [6.07, 6.45) is 1.67. The summed E-state index contributed by atoms with van der Waals surface area (Å²) in [5.74, 6) is -0.333. The molecule has 6 nitrogen and oxygen atoms in total. The Morgan fingerprint density at radius 2 is 1.84 bits per heavy atom. The molecule has 0 unspecified atom stereocenters. The molecule has 1 saturated heterocycles. The van der Waals surface area contributed by atoms with E-state index in [4.69, 9.17) is 5.73 Å². The van der Waals surface area contributed by atoms with E-state index in [1.165, 1.54) is 0 Å². The van der Waals surface area contributed by atoms with Gasteiger partial charge < -0.3 is 15.6 Å². The lowest BCUT2D eigenvalue weighted by Gasteiger charge is -2.31. The molecule has 0 aromatic carbocycles. The van der Waals surface area contributed by atoms with E-state index in [-0.39, 0.29) is 17.9 Å². The average Bonchev–Trinajstić information content (AvgIpc) is 3.15. The molecule has 1 aliphatic rings. The number of carbonyl (C=O) groups is 2. The standard InChI is InChI=1S/C18H24N4O2S/c1-12-3-4-13(2)22(12)18-15(7-10-25-18)17(24)20-14-5-8-21(9-6-14)11-16(19)23/h3-4,7,10,14H,5-6,8-9,11H2,1-2H3,(H2,19,23)(H,20,24). The zero-order valence-corrected chi connectivity index (χ0v) is 15.4. The van der Waals surface area contributed by atoms with Crippen molar-refractivity contribution in [3.8, 4) is 5.00 Å². The van der Waals surface area contributed by atoms with Gasteiger partial charge in [-0.1, -0.05) is 0 Å². The van der Waals surface area contributed by atoms with Gasteiger partial charge in [0.15, 0.2) is 0 Å². The van der Waals surface area contributed by atoms with Crippen molar-refractivity contribution in [3.63, 3.8) is 0 Å². The summed E-state index contributed by atoms with van der Waals surface area (Å²) >= 11 is 1.58. The largest absolute Gasteiger partial charge is 0.369 e. The molecule has 0 spiro atoms. The molecule has 0 saturated carbocycles. The van der Waals surface area contributed by atoms with Gasteiger partial charge in [-0.15, -0.1) is 11.3 Å². The zero-order chi connectivity index (χ0) is 18.0. The van der Waals surface area contributed by atoms with E-state index >= 15 is 0 Å². The first-order valence-electron chi connectivity index (χ1n) is 8.50. The van der Waals surface area contributed by atoms with Crippen LogP contribution in [-0.4, -0.2) is 47.0 Å². The Balaban J connectivity index is 1.66. The van der Waals surface area contributed by atoms with Crippen molar-refractivity contribution in [2.45, 2.75) is 32.7 Å². The minimum atomic E-state index is -0.303. The lowest BCUT2D eigenvalue weighted by atomic mass is 10.0. The molecule has 3 heterocycles. The molecule has 0 radical (unpaired) electrons. The van der Waals surface area contributed by atoms with Crippen molar-refractivity contribution < 1.29 is 9.59 Å². The number of aromatic nitrogens is 1. The van der Waals surface area contributed by atoms with Crippen LogP contribution in [-0.2, 0) is 4.79 Å². The predicted octanol–water partition coefficient (Wildman–Crippen LogP) is 1.84. The van der Waals surface area contributed by atoms with Crippen LogP contribution in [0.3, 0.4) is 0 Å². The van der Waals surface area contributed by atoms with Gasteiger partial charge >= 0.3 is 0 Å². The molecule has 3 rings (SSSR count). The highest BCUT2D eigenvalue weighted by molar-refractivity contribution is 7.13. The van der Waals surface area contributed by atoms with Gasteiger partial charge in [0, 0.05) is 30.5 Å². The topological polar surface area (TPSA) is 80.4 Å². The maximum Gasteiger partial charge on any atom is 0.254 e. The minimum absolute atomic E-state index is 0.0305. The van der Waals surface area contributed by atoms with Gasteiger partial charge in [0.2, 0.25) is 5.91 Å². The van der Waals surface area contributed by atoms with E-state index in [1.54, 1.807) is 11.3 Å². The van der Waals surface area contributed by atoms with Gasteiger partial charge in [0.05, 0.1) is 12.1 Å². The van der Waals surface area contributed by atoms with Crippen molar-refractivity contribution in [2.24, 2.45) is 5.73 Å². The fraction of sp³-hybridized carbons (Fsp3) is 0.444. The van der Waals surface area contributed by atoms with Crippen LogP contribution in [0.25, 0.3) is 5.00 Å². The second-order valence-electron chi connectivity index (χ2n) is 6.58. The Bertz CT molecular complexity index is 752. The number of aryl methyl sites for hydroxylation is 2. The molecule has 3 N–H and O–H groups in total. The number of nitrogens with zero attached hydrogens (tertiary/aromatic N) is 2. The number of nitrogens with one attached hydrogen (secondary N) is 1. The molecule has 2 aromatic rings. The van der Waals surface area contributed by atoms with E-state index in [2.05, 4.69) is 22.0 Å². The van der Waals surface area contributed by atoms with Gasteiger partial charge in [0.1, 0.15) is 5.00 Å². The quantitative estimate of drug-likeness (QED) is 0.854. The van der Waals surface area contributed by atoms with E-state index in [9.17, 15) is 9.59 Å². The summed E-state index contributed by atoms with van der Waals surface area (Å²) in [5.41, 5.74) is 8.19. The van der Waals surface area contributed by atoms with Crippen LogP contribution >= 0.6 is 11.3 Å². The Kier molecular flexibility index (Phi) is 5.24. The molecule has 134 valence electrons. The van der Waals surface area contributed by atoms with Crippen molar-refractivity contribution in [2.75, 3.05) is 19.6 Å². The van der Waals surface area contributed by atoms with Gasteiger partial charge in [-0.05, 0) is 50.3 Å². The molecule has 2 aromatic heterocycles. The highest BCUT2D eigenvalue weighted by Crippen LogP contribution is 2.26. The van der Waals surface area contributed by atoms with Gasteiger partial charge in [-0.25, -0.2) is 0 Å². The molecular formula is C18H24N4O2S. The van der Waals surface area contributed by atoms with Crippen molar-refractivity contribution in [3.05, 3.63) is 40.5 Å². The predicted molar refractivity (Wildman–Crippen MR) is 99.2 cm³/mol. The summed E-state index contributed by atoms with van der Waals surface area (Å²) in [4.78, 5) is 25.8. The second kappa shape index (κ2) is 7.41. The molecule has 0 aliphatic carbocycles. The van der Waals surface area contributed by atoms with E-state index in [1.807, 2.05) is 30.2 Å². The molecule has 1 aliphatic heterocycles. The van der Waals surface area contributed by atoms with Crippen LogP contribution in [0.5, 0.6) is 0 Å². The summed E-state index contributed by atoms with van der Waals surface area (Å²) in [7, 11) is 0.